The second kappa shape index (κ2) is 10.1. The highest BCUT2D eigenvalue weighted by atomic mass is 32.2. The van der Waals surface area contributed by atoms with E-state index in [9.17, 15) is 19.2 Å². The normalized spacial score (nSPS) is 25.1. The van der Waals surface area contributed by atoms with Gasteiger partial charge >= 0.3 is 23.9 Å². The lowest BCUT2D eigenvalue weighted by Crippen LogP contribution is -2.57. The van der Waals surface area contributed by atoms with Gasteiger partial charge in [-0.25, -0.2) is 0 Å². The van der Waals surface area contributed by atoms with E-state index in [1.54, 1.807) is 0 Å². The minimum absolute atomic E-state index is 0.0851. The summed E-state index contributed by atoms with van der Waals surface area (Å²) in [5, 5.41) is -0.155. The molecule has 0 saturated carbocycles. The Labute approximate surface area is 189 Å². The molecule has 3 rings (SSSR count). The number of rotatable bonds is 6. The average Bonchev–Trinajstić information content (AvgIpc) is 3.12. The van der Waals surface area contributed by atoms with E-state index in [0.29, 0.717) is 0 Å². The number of carbonyl (C=O) groups excluding carboxylic acids is 4. The average molecular weight is 464 g/mol. The third kappa shape index (κ3) is 5.42. The van der Waals surface area contributed by atoms with Gasteiger partial charge in [-0.2, -0.15) is 0 Å². The number of hydrogen-bond donors (Lipinski definition) is 0. The van der Waals surface area contributed by atoms with Crippen LogP contribution in [-0.2, 0) is 38.1 Å². The number of esters is 4. The Balaban J connectivity index is 2.10. The van der Waals surface area contributed by atoms with Crippen LogP contribution in [0, 0.1) is 0 Å². The fourth-order valence-corrected chi connectivity index (χ4v) is 5.31. The van der Waals surface area contributed by atoms with Gasteiger partial charge in [0.15, 0.2) is 18.3 Å². The van der Waals surface area contributed by atoms with Crippen molar-refractivity contribution < 1.29 is 38.1 Å². The smallest absolute Gasteiger partial charge is 0.303 e. The molecule has 1 aliphatic rings. The van der Waals surface area contributed by atoms with Crippen molar-refractivity contribution >= 4 is 46.5 Å². The van der Waals surface area contributed by atoms with Crippen LogP contribution in [0.1, 0.15) is 33.1 Å². The summed E-state index contributed by atoms with van der Waals surface area (Å²) in [4.78, 5) is 47.3. The van der Waals surface area contributed by atoms with Gasteiger partial charge in [0.1, 0.15) is 12.0 Å². The molecule has 2 heterocycles. The predicted octanol–water partition coefficient (Wildman–Crippen LogP) is 2.61. The van der Waals surface area contributed by atoms with Crippen molar-refractivity contribution in [2.45, 2.75) is 56.6 Å². The summed E-state index contributed by atoms with van der Waals surface area (Å²) >= 11 is 1.32. The van der Waals surface area contributed by atoms with Crippen molar-refractivity contribution in [3.63, 3.8) is 0 Å². The van der Waals surface area contributed by atoms with Crippen molar-refractivity contribution in [1.29, 1.82) is 0 Å². The minimum atomic E-state index is -1.10. The van der Waals surface area contributed by atoms with Crippen molar-refractivity contribution in [1.82, 2.24) is 4.57 Å². The molecule has 2 aromatic rings. The summed E-state index contributed by atoms with van der Waals surface area (Å²) in [6, 6.07) is 9.57. The number of carbonyl (C=O) groups is 4. The van der Waals surface area contributed by atoms with Gasteiger partial charge < -0.3 is 23.5 Å². The first-order chi connectivity index (χ1) is 15.2. The molecule has 0 spiro atoms. The second-order valence-corrected chi connectivity index (χ2v) is 8.73. The van der Waals surface area contributed by atoms with E-state index in [2.05, 4.69) is 0 Å². The highest BCUT2D eigenvalue weighted by Gasteiger charge is 2.52. The Morgan fingerprint density at radius 1 is 0.812 bits per heavy atom. The second-order valence-electron chi connectivity index (χ2n) is 7.37. The molecule has 1 aromatic heterocycles. The lowest BCUT2D eigenvalue weighted by atomic mass is 10.0. The van der Waals surface area contributed by atoms with Crippen molar-refractivity contribution in [2.75, 3.05) is 6.61 Å². The van der Waals surface area contributed by atoms with Gasteiger partial charge in [0.2, 0.25) is 0 Å². The maximum absolute atomic E-state index is 12.0. The molecule has 0 N–H and O–H groups in total. The van der Waals surface area contributed by atoms with Gasteiger partial charge in [-0.05, 0) is 17.5 Å². The highest BCUT2D eigenvalue weighted by Crippen LogP contribution is 2.45. The summed E-state index contributed by atoms with van der Waals surface area (Å²) in [6.07, 6.45) is -1.22. The van der Waals surface area contributed by atoms with E-state index in [0.717, 1.165) is 10.9 Å². The van der Waals surface area contributed by atoms with E-state index in [4.69, 9.17) is 18.9 Å². The Morgan fingerprint density at radius 3 is 2.03 bits per heavy atom. The Kier molecular flexibility index (Phi) is 7.44. The van der Waals surface area contributed by atoms with Gasteiger partial charge in [0.05, 0.1) is 5.25 Å². The first kappa shape index (κ1) is 23.6. The summed E-state index contributed by atoms with van der Waals surface area (Å²) in [5.41, 5.74) is 0.876. The molecule has 1 aliphatic heterocycles. The van der Waals surface area contributed by atoms with Crippen LogP contribution in [-0.4, -0.2) is 58.6 Å². The number of thioether (sulfide) groups is 1. The van der Waals surface area contributed by atoms with Crippen LogP contribution >= 0.6 is 11.8 Å². The standard InChI is InChI=1S/C22H25NO8S/c1-12(24)28-11-18-19(29-13(2)25)20(30-14(3)26)21(31-15(4)27)22(32-18)23-10-9-16-7-5-6-8-17(16)23/h5-10,18-22H,11H2,1-4H3/t18-,19-,20+,21-,22-/m1/s1. The summed E-state index contributed by atoms with van der Waals surface area (Å²) < 4.78 is 23.8. The number of para-hydroxylation sites is 1. The van der Waals surface area contributed by atoms with Gasteiger partial charge in [0, 0.05) is 39.4 Å². The number of hydrogen-bond acceptors (Lipinski definition) is 9. The van der Waals surface area contributed by atoms with E-state index >= 15 is 0 Å². The third-order valence-electron chi connectivity index (χ3n) is 4.87. The predicted molar refractivity (Wildman–Crippen MR) is 116 cm³/mol. The van der Waals surface area contributed by atoms with E-state index in [1.165, 1.54) is 39.5 Å². The first-order valence-corrected chi connectivity index (χ1v) is 11.0. The quantitative estimate of drug-likeness (QED) is 0.471. The molecular weight excluding hydrogens is 438 g/mol. The van der Waals surface area contributed by atoms with E-state index in [-0.39, 0.29) is 6.61 Å². The number of benzene rings is 1. The van der Waals surface area contributed by atoms with Crippen LogP contribution in [0.25, 0.3) is 10.9 Å². The van der Waals surface area contributed by atoms with Gasteiger partial charge in [-0.15, -0.1) is 11.8 Å². The van der Waals surface area contributed by atoms with Crippen LogP contribution in [0.5, 0.6) is 0 Å². The zero-order valence-electron chi connectivity index (χ0n) is 18.2. The zero-order valence-corrected chi connectivity index (χ0v) is 19.0. The maximum Gasteiger partial charge on any atom is 0.303 e. The van der Waals surface area contributed by atoms with Crippen LogP contribution < -0.4 is 0 Å². The Morgan fingerprint density at radius 2 is 1.41 bits per heavy atom. The number of fused-ring (bicyclic) bond motifs is 1. The summed E-state index contributed by atoms with van der Waals surface area (Å²) in [5.74, 6) is -2.30. The molecule has 1 aromatic carbocycles. The van der Waals surface area contributed by atoms with Crippen LogP contribution in [0.3, 0.4) is 0 Å². The molecule has 10 heteroatoms. The van der Waals surface area contributed by atoms with E-state index < -0.39 is 52.8 Å². The monoisotopic (exact) mass is 463 g/mol. The minimum Gasteiger partial charge on any atom is -0.465 e. The Bertz CT molecular complexity index is 1020. The molecule has 5 atom stereocenters. The number of nitrogens with zero attached hydrogens (tertiary/aromatic N) is 1. The SMILES string of the molecule is CC(=O)OC[C@H]1S[C@@H](n2ccc3ccccc32)[C@H](OC(C)=O)[C@@H](OC(C)=O)[C@@H]1OC(C)=O. The fourth-order valence-electron chi connectivity index (χ4n) is 3.76. The summed E-state index contributed by atoms with van der Waals surface area (Å²) in [7, 11) is 0. The molecule has 1 fully saturated rings. The van der Waals surface area contributed by atoms with Crippen molar-refractivity contribution in [3.05, 3.63) is 36.5 Å². The molecule has 0 bridgehead atoms. The Hall–Kier alpha value is -3.01. The molecule has 0 radical (unpaired) electrons. The fraction of sp³-hybridized carbons (Fsp3) is 0.455. The molecule has 0 amide bonds. The van der Waals surface area contributed by atoms with Crippen LogP contribution in [0.2, 0.25) is 0 Å². The number of aromatic nitrogens is 1. The summed E-state index contributed by atoms with van der Waals surface area (Å²) in [6.45, 7) is 4.89. The number of ether oxygens (including phenoxy) is 4. The zero-order chi connectivity index (χ0) is 23.4. The maximum atomic E-state index is 12.0. The van der Waals surface area contributed by atoms with Crippen molar-refractivity contribution in [3.8, 4) is 0 Å². The van der Waals surface area contributed by atoms with Crippen molar-refractivity contribution in [2.24, 2.45) is 0 Å². The largest absolute Gasteiger partial charge is 0.465 e. The van der Waals surface area contributed by atoms with Gasteiger partial charge in [-0.3, -0.25) is 19.2 Å². The van der Waals surface area contributed by atoms with Crippen LogP contribution in [0.15, 0.2) is 36.5 Å². The van der Waals surface area contributed by atoms with Gasteiger partial charge in [0.25, 0.3) is 0 Å². The molecule has 0 aliphatic carbocycles. The molecule has 9 nitrogen and oxygen atoms in total. The molecular formula is C22H25NO8S. The topological polar surface area (TPSA) is 110 Å². The lowest BCUT2D eigenvalue weighted by Gasteiger charge is -2.44. The molecule has 1 saturated heterocycles. The first-order valence-electron chi connectivity index (χ1n) is 10.0. The highest BCUT2D eigenvalue weighted by molar-refractivity contribution is 8.00. The van der Waals surface area contributed by atoms with Gasteiger partial charge in [-0.1, -0.05) is 18.2 Å². The van der Waals surface area contributed by atoms with E-state index in [1.807, 2.05) is 41.1 Å². The van der Waals surface area contributed by atoms with Crippen LogP contribution in [0.4, 0.5) is 0 Å². The molecule has 172 valence electrons. The molecule has 0 unspecified atom stereocenters. The molecule has 32 heavy (non-hydrogen) atoms. The lowest BCUT2D eigenvalue weighted by molar-refractivity contribution is -0.187. The third-order valence-corrected chi connectivity index (χ3v) is 6.40.